The van der Waals surface area contributed by atoms with E-state index in [0.717, 1.165) is 21.3 Å². The largest absolute Gasteiger partial charge is 0.481 e. The smallest absolute Gasteiger partial charge is 0.344 e. The fraction of sp³-hybridized carbons (Fsp3) is 0.111. The van der Waals surface area contributed by atoms with Crippen molar-refractivity contribution in [1.29, 1.82) is 0 Å². The summed E-state index contributed by atoms with van der Waals surface area (Å²) in [7, 11) is 0. The molecule has 0 bridgehead atoms. The number of nitrogens with zero attached hydrogens (tertiary/aromatic N) is 1. The van der Waals surface area contributed by atoms with Crippen molar-refractivity contribution in [3.63, 3.8) is 0 Å². The zero-order valence-electron chi connectivity index (χ0n) is 12.6. The standard InChI is InChI=1S/C18H14BrNO4/c19-16-7-9-17(10-8-16)23-11-1-2-14-3-5-15(6-4-14)12-20-24-13-18(21)22/h3-10,12H,11,13H2,(H,21,22). The monoisotopic (exact) mass is 387 g/mol. The zero-order chi connectivity index (χ0) is 17.2. The van der Waals surface area contributed by atoms with E-state index in [1.54, 1.807) is 0 Å². The molecule has 0 radical (unpaired) electrons. The molecule has 0 unspecified atom stereocenters. The number of rotatable bonds is 6. The van der Waals surface area contributed by atoms with E-state index < -0.39 is 12.6 Å². The van der Waals surface area contributed by atoms with Gasteiger partial charge in [0.15, 0.2) is 0 Å². The summed E-state index contributed by atoms with van der Waals surface area (Å²) in [5, 5.41) is 12.0. The average Bonchev–Trinajstić information content (AvgIpc) is 2.58. The summed E-state index contributed by atoms with van der Waals surface area (Å²) in [5.74, 6) is 5.64. The van der Waals surface area contributed by atoms with E-state index >= 15 is 0 Å². The molecule has 0 fully saturated rings. The third kappa shape index (κ3) is 6.55. The number of hydrogen-bond acceptors (Lipinski definition) is 4. The van der Waals surface area contributed by atoms with Gasteiger partial charge in [0.2, 0.25) is 6.61 Å². The number of carbonyl (C=O) groups is 1. The third-order valence-electron chi connectivity index (χ3n) is 2.73. The Morgan fingerprint density at radius 2 is 1.88 bits per heavy atom. The Labute approximate surface area is 148 Å². The first kappa shape index (κ1) is 17.6. The van der Waals surface area contributed by atoms with Crippen LogP contribution in [0.4, 0.5) is 0 Å². The molecule has 0 atom stereocenters. The summed E-state index contributed by atoms with van der Waals surface area (Å²) in [5.41, 5.74) is 1.63. The minimum atomic E-state index is -1.07. The zero-order valence-corrected chi connectivity index (χ0v) is 14.2. The first-order chi connectivity index (χ1) is 11.6. The molecule has 0 aromatic heterocycles. The van der Waals surface area contributed by atoms with Crippen LogP contribution < -0.4 is 4.74 Å². The van der Waals surface area contributed by atoms with Gasteiger partial charge in [-0.25, -0.2) is 4.79 Å². The van der Waals surface area contributed by atoms with Gasteiger partial charge < -0.3 is 14.7 Å². The molecule has 2 rings (SSSR count). The molecule has 0 spiro atoms. The van der Waals surface area contributed by atoms with Gasteiger partial charge in [-0.2, -0.15) is 0 Å². The quantitative estimate of drug-likeness (QED) is 0.469. The minimum absolute atomic E-state index is 0.299. The highest BCUT2D eigenvalue weighted by Gasteiger charge is 1.94. The topological polar surface area (TPSA) is 68.1 Å². The van der Waals surface area contributed by atoms with Crippen molar-refractivity contribution in [3.05, 3.63) is 64.1 Å². The first-order valence-corrected chi connectivity index (χ1v) is 7.77. The summed E-state index contributed by atoms with van der Waals surface area (Å²) in [4.78, 5) is 14.8. The van der Waals surface area contributed by atoms with E-state index in [1.807, 2.05) is 48.5 Å². The maximum absolute atomic E-state index is 10.3. The van der Waals surface area contributed by atoms with Crippen LogP contribution in [0.1, 0.15) is 11.1 Å². The SMILES string of the molecule is O=C(O)CON=Cc1ccc(C#CCOc2ccc(Br)cc2)cc1. The van der Waals surface area contributed by atoms with Gasteiger partial charge in [-0.1, -0.05) is 45.1 Å². The van der Waals surface area contributed by atoms with Crippen molar-refractivity contribution in [2.24, 2.45) is 5.16 Å². The number of carboxylic acids is 1. The predicted octanol–water partition coefficient (Wildman–Crippen LogP) is 3.31. The molecule has 0 saturated carbocycles. The Morgan fingerprint density at radius 1 is 1.17 bits per heavy atom. The summed E-state index contributed by atoms with van der Waals surface area (Å²) >= 11 is 3.36. The van der Waals surface area contributed by atoms with E-state index in [2.05, 4.69) is 37.8 Å². The normalized spacial score (nSPS) is 10.0. The first-order valence-electron chi connectivity index (χ1n) is 6.98. The highest BCUT2D eigenvalue weighted by atomic mass is 79.9. The molecule has 0 aliphatic carbocycles. The van der Waals surface area contributed by atoms with Crippen LogP contribution in [0.2, 0.25) is 0 Å². The van der Waals surface area contributed by atoms with Crippen molar-refractivity contribution in [2.75, 3.05) is 13.2 Å². The van der Waals surface area contributed by atoms with Crippen molar-refractivity contribution < 1.29 is 19.5 Å². The Bertz CT molecular complexity index is 758. The van der Waals surface area contributed by atoms with Gasteiger partial charge in [-0.3, -0.25) is 0 Å². The fourth-order valence-electron chi connectivity index (χ4n) is 1.63. The van der Waals surface area contributed by atoms with Gasteiger partial charge >= 0.3 is 5.97 Å². The highest BCUT2D eigenvalue weighted by molar-refractivity contribution is 9.10. The van der Waals surface area contributed by atoms with E-state index in [-0.39, 0.29) is 0 Å². The number of halogens is 1. The van der Waals surface area contributed by atoms with E-state index in [1.165, 1.54) is 6.21 Å². The lowest BCUT2D eigenvalue weighted by Gasteiger charge is -2.00. The summed E-state index contributed by atoms with van der Waals surface area (Å²) in [6.45, 7) is -0.160. The molecule has 0 saturated heterocycles. The molecule has 24 heavy (non-hydrogen) atoms. The van der Waals surface area contributed by atoms with Crippen LogP contribution >= 0.6 is 15.9 Å². The Morgan fingerprint density at radius 3 is 2.54 bits per heavy atom. The van der Waals surface area contributed by atoms with Crippen LogP contribution in [0, 0.1) is 11.8 Å². The number of ether oxygens (including phenoxy) is 1. The maximum atomic E-state index is 10.3. The molecule has 2 aromatic rings. The van der Waals surface area contributed by atoms with Gasteiger partial charge in [0.05, 0.1) is 6.21 Å². The van der Waals surface area contributed by atoms with Crippen molar-refractivity contribution >= 4 is 28.1 Å². The molecular formula is C18H14BrNO4. The third-order valence-corrected chi connectivity index (χ3v) is 3.26. The van der Waals surface area contributed by atoms with Crippen LogP contribution in [-0.4, -0.2) is 30.5 Å². The van der Waals surface area contributed by atoms with Crippen LogP contribution in [0.5, 0.6) is 5.75 Å². The highest BCUT2D eigenvalue weighted by Crippen LogP contribution is 2.15. The van der Waals surface area contributed by atoms with Crippen molar-refractivity contribution in [3.8, 4) is 17.6 Å². The van der Waals surface area contributed by atoms with E-state index in [9.17, 15) is 4.79 Å². The predicted molar refractivity (Wildman–Crippen MR) is 94.1 cm³/mol. The second-order valence-corrected chi connectivity index (χ2v) is 5.48. The Hall–Kier alpha value is -2.78. The number of benzene rings is 2. The Balaban J connectivity index is 1.81. The van der Waals surface area contributed by atoms with Gasteiger partial charge in [0, 0.05) is 10.0 Å². The maximum Gasteiger partial charge on any atom is 0.344 e. The molecule has 0 heterocycles. The fourth-order valence-corrected chi connectivity index (χ4v) is 1.90. The van der Waals surface area contributed by atoms with Crippen molar-refractivity contribution in [1.82, 2.24) is 0 Å². The number of hydrogen-bond donors (Lipinski definition) is 1. The molecule has 0 aliphatic rings. The molecule has 1 N–H and O–H groups in total. The molecular weight excluding hydrogens is 374 g/mol. The second-order valence-electron chi connectivity index (χ2n) is 4.57. The van der Waals surface area contributed by atoms with Crippen molar-refractivity contribution in [2.45, 2.75) is 0 Å². The lowest BCUT2D eigenvalue weighted by molar-refractivity contribution is -0.142. The summed E-state index contributed by atoms with van der Waals surface area (Å²) in [6.07, 6.45) is 1.44. The van der Waals surface area contributed by atoms with Gasteiger partial charge in [0.1, 0.15) is 12.4 Å². The number of oxime groups is 1. The van der Waals surface area contributed by atoms with Gasteiger partial charge in [-0.05, 0) is 42.0 Å². The molecule has 0 amide bonds. The van der Waals surface area contributed by atoms with Gasteiger partial charge in [-0.15, -0.1) is 0 Å². The van der Waals surface area contributed by atoms with Crippen LogP contribution in [0.25, 0.3) is 0 Å². The second kappa shape index (κ2) is 9.38. The van der Waals surface area contributed by atoms with Crippen LogP contribution in [0.3, 0.4) is 0 Å². The molecule has 2 aromatic carbocycles. The molecule has 0 aliphatic heterocycles. The molecule has 122 valence electrons. The molecule has 5 nitrogen and oxygen atoms in total. The van der Waals surface area contributed by atoms with Gasteiger partial charge in [0.25, 0.3) is 0 Å². The number of carboxylic acid groups (broad SMARTS) is 1. The lowest BCUT2D eigenvalue weighted by Crippen LogP contribution is -2.03. The minimum Gasteiger partial charge on any atom is -0.481 e. The van der Waals surface area contributed by atoms with Crippen LogP contribution in [0.15, 0.2) is 58.2 Å². The number of aliphatic carboxylic acids is 1. The summed E-state index contributed by atoms with van der Waals surface area (Å²) in [6, 6.07) is 14.8. The summed E-state index contributed by atoms with van der Waals surface area (Å²) < 4.78 is 6.51. The van der Waals surface area contributed by atoms with E-state index in [0.29, 0.717) is 6.61 Å². The average molecular weight is 388 g/mol. The van der Waals surface area contributed by atoms with E-state index in [4.69, 9.17) is 9.84 Å². The Kier molecular flexibility index (Phi) is 6.87. The lowest BCUT2D eigenvalue weighted by atomic mass is 10.1. The molecule has 6 heteroatoms. The van der Waals surface area contributed by atoms with Crippen LogP contribution in [-0.2, 0) is 9.63 Å².